The molecule has 1 aliphatic heterocycles. The minimum atomic E-state index is -0.102. The normalized spacial score (nSPS) is 21.0. The summed E-state index contributed by atoms with van der Waals surface area (Å²) in [4.78, 5) is 0. The van der Waals surface area contributed by atoms with E-state index in [0.29, 0.717) is 6.10 Å². The third-order valence-electron chi connectivity index (χ3n) is 1.21. The van der Waals surface area contributed by atoms with Crippen LogP contribution in [0.1, 0.15) is 33.6 Å². The van der Waals surface area contributed by atoms with Gasteiger partial charge in [-0.1, -0.05) is 13.3 Å². The second kappa shape index (κ2) is 10.9. The molecule has 1 fully saturated rings. The third kappa shape index (κ3) is 22.5. The minimum absolute atomic E-state index is 0.102. The van der Waals surface area contributed by atoms with Crippen LogP contribution >= 0.6 is 0 Å². The van der Waals surface area contributed by atoms with Gasteiger partial charge in [-0.05, 0) is 27.3 Å². The summed E-state index contributed by atoms with van der Waals surface area (Å²) < 4.78 is 4.71. The quantitative estimate of drug-likeness (QED) is 0.622. The molecule has 0 bridgehead atoms. The molecule has 3 N–H and O–H groups in total. The Morgan fingerprint density at radius 3 is 1.92 bits per heavy atom. The summed E-state index contributed by atoms with van der Waals surface area (Å²) in [7, 11) is 1.50. The maximum Gasteiger partial charge on any atom is 0.0781 e. The SMILES string of the molecule is CC1CO1.CCCC(C)O.CN. The highest BCUT2D eigenvalue weighted by molar-refractivity contribution is 4.58. The Balaban J connectivity index is 0. The van der Waals surface area contributed by atoms with E-state index in [9.17, 15) is 0 Å². The number of hydrogen-bond acceptors (Lipinski definition) is 3. The van der Waals surface area contributed by atoms with E-state index in [2.05, 4.69) is 19.6 Å². The Morgan fingerprint density at radius 1 is 1.58 bits per heavy atom. The van der Waals surface area contributed by atoms with E-state index in [1.54, 1.807) is 0 Å². The standard InChI is InChI=1S/C5H12O.C3H6O.CH5N/c1-3-4-5(2)6;1-3-2-4-3;1-2/h5-6H,3-4H2,1-2H3;3H,2H2,1H3;2H2,1H3. The number of ether oxygens (including phenoxy) is 1. The van der Waals surface area contributed by atoms with E-state index in [4.69, 9.17) is 9.84 Å². The fourth-order valence-electron chi connectivity index (χ4n) is 0.514. The van der Waals surface area contributed by atoms with E-state index in [-0.39, 0.29) is 6.10 Å². The lowest BCUT2D eigenvalue weighted by atomic mass is 10.2. The van der Waals surface area contributed by atoms with Crippen LogP contribution in [0.25, 0.3) is 0 Å². The van der Waals surface area contributed by atoms with E-state index in [0.717, 1.165) is 19.4 Å². The van der Waals surface area contributed by atoms with E-state index in [1.807, 2.05) is 6.92 Å². The van der Waals surface area contributed by atoms with Crippen molar-refractivity contribution in [3.63, 3.8) is 0 Å². The van der Waals surface area contributed by atoms with Crippen molar-refractivity contribution in [1.29, 1.82) is 0 Å². The van der Waals surface area contributed by atoms with Crippen molar-refractivity contribution < 1.29 is 9.84 Å². The first-order valence-electron chi connectivity index (χ1n) is 4.54. The average molecular weight is 177 g/mol. The van der Waals surface area contributed by atoms with Gasteiger partial charge in [0.05, 0.1) is 18.8 Å². The van der Waals surface area contributed by atoms with Crippen LogP contribution in [-0.4, -0.2) is 31.0 Å². The van der Waals surface area contributed by atoms with Crippen molar-refractivity contribution in [3.8, 4) is 0 Å². The monoisotopic (exact) mass is 177 g/mol. The Labute approximate surface area is 75.9 Å². The van der Waals surface area contributed by atoms with E-state index < -0.39 is 0 Å². The number of rotatable bonds is 2. The second-order valence-corrected chi connectivity index (χ2v) is 2.78. The van der Waals surface area contributed by atoms with Gasteiger partial charge >= 0.3 is 0 Å². The van der Waals surface area contributed by atoms with Crippen LogP contribution in [0, 0.1) is 0 Å². The van der Waals surface area contributed by atoms with E-state index >= 15 is 0 Å². The Kier molecular flexibility index (Phi) is 13.1. The van der Waals surface area contributed by atoms with Gasteiger partial charge in [0.25, 0.3) is 0 Å². The second-order valence-electron chi connectivity index (χ2n) is 2.78. The molecule has 0 radical (unpaired) electrons. The van der Waals surface area contributed by atoms with Crippen LogP contribution in [0.3, 0.4) is 0 Å². The molecular formula is C9H23NO2. The zero-order valence-electron chi connectivity index (χ0n) is 8.71. The molecule has 2 atom stereocenters. The summed E-state index contributed by atoms with van der Waals surface area (Å²) in [5, 5.41) is 8.55. The molecule has 0 amide bonds. The molecule has 76 valence electrons. The third-order valence-corrected chi connectivity index (χ3v) is 1.21. The number of epoxide rings is 1. The summed E-state index contributed by atoms with van der Waals surface area (Å²) in [5.41, 5.74) is 4.50. The van der Waals surface area contributed by atoms with Crippen LogP contribution in [0.15, 0.2) is 0 Å². The van der Waals surface area contributed by atoms with Gasteiger partial charge in [-0.15, -0.1) is 0 Å². The van der Waals surface area contributed by atoms with Crippen molar-refractivity contribution in [3.05, 3.63) is 0 Å². The van der Waals surface area contributed by atoms with Crippen molar-refractivity contribution in [2.45, 2.75) is 45.8 Å². The van der Waals surface area contributed by atoms with Crippen LogP contribution < -0.4 is 5.73 Å². The zero-order chi connectivity index (χ0) is 9.98. The molecule has 2 unspecified atom stereocenters. The maximum atomic E-state index is 8.55. The van der Waals surface area contributed by atoms with Gasteiger partial charge < -0.3 is 15.6 Å². The van der Waals surface area contributed by atoms with Crippen molar-refractivity contribution in [2.24, 2.45) is 5.73 Å². The molecule has 12 heavy (non-hydrogen) atoms. The zero-order valence-corrected chi connectivity index (χ0v) is 8.71. The van der Waals surface area contributed by atoms with Crippen LogP contribution in [-0.2, 0) is 4.74 Å². The molecule has 0 aromatic rings. The van der Waals surface area contributed by atoms with Crippen LogP contribution in [0.2, 0.25) is 0 Å². The van der Waals surface area contributed by atoms with Crippen molar-refractivity contribution in [2.75, 3.05) is 13.7 Å². The molecule has 0 aliphatic carbocycles. The van der Waals surface area contributed by atoms with Crippen LogP contribution in [0.4, 0.5) is 0 Å². The minimum Gasteiger partial charge on any atom is -0.393 e. The summed E-state index contributed by atoms with van der Waals surface area (Å²) in [5.74, 6) is 0. The first kappa shape index (κ1) is 14.4. The lowest BCUT2D eigenvalue weighted by molar-refractivity contribution is 0.183. The Hall–Kier alpha value is -0.120. The summed E-state index contributed by atoms with van der Waals surface area (Å²) in [6, 6.07) is 0. The summed E-state index contributed by atoms with van der Waals surface area (Å²) in [6.07, 6.45) is 2.49. The summed E-state index contributed by atoms with van der Waals surface area (Å²) in [6.45, 7) is 6.91. The highest BCUT2D eigenvalue weighted by Gasteiger charge is 2.13. The van der Waals surface area contributed by atoms with Gasteiger partial charge in [0, 0.05) is 0 Å². The maximum absolute atomic E-state index is 8.55. The lowest BCUT2D eigenvalue weighted by Crippen LogP contribution is -1.95. The number of nitrogens with two attached hydrogens (primary N) is 1. The van der Waals surface area contributed by atoms with Gasteiger partial charge in [0.1, 0.15) is 0 Å². The highest BCUT2D eigenvalue weighted by Crippen LogP contribution is 2.04. The van der Waals surface area contributed by atoms with Gasteiger partial charge in [-0.25, -0.2) is 0 Å². The predicted octanol–water partition coefficient (Wildman–Crippen LogP) is 1.15. The molecule has 1 heterocycles. The number of aliphatic hydroxyl groups excluding tert-OH is 1. The van der Waals surface area contributed by atoms with Crippen molar-refractivity contribution in [1.82, 2.24) is 0 Å². The molecule has 0 aromatic carbocycles. The van der Waals surface area contributed by atoms with Crippen LogP contribution in [0.5, 0.6) is 0 Å². The Morgan fingerprint density at radius 2 is 1.92 bits per heavy atom. The fraction of sp³-hybridized carbons (Fsp3) is 1.00. The van der Waals surface area contributed by atoms with Gasteiger partial charge in [-0.2, -0.15) is 0 Å². The smallest absolute Gasteiger partial charge is 0.0781 e. The largest absolute Gasteiger partial charge is 0.393 e. The first-order valence-corrected chi connectivity index (χ1v) is 4.54. The van der Waals surface area contributed by atoms with Gasteiger partial charge in [-0.3, -0.25) is 0 Å². The predicted molar refractivity (Wildman–Crippen MR) is 52.1 cm³/mol. The highest BCUT2D eigenvalue weighted by atomic mass is 16.6. The molecule has 3 heteroatoms. The molecular weight excluding hydrogens is 154 g/mol. The molecule has 1 saturated heterocycles. The Bertz CT molecular complexity index is 72.9. The van der Waals surface area contributed by atoms with E-state index in [1.165, 1.54) is 7.05 Å². The molecule has 3 nitrogen and oxygen atoms in total. The molecule has 0 spiro atoms. The summed E-state index contributed by atoms with van der Waals surface area (Å²) >= 11 is 0. The molecule has 0 saturated carbocycles. The number of aliphatic hydroxyl groups is 1. The van der Waals surface area contributed by atoms with Crippen molar-refractivity contribution >= 4 is 0 Å². The molecule has 0 aromatic heterocycles. The molecule has 1 aliphatic rings. The first-order chi connectivity index (χ1) is 5.66. The lowest BCUT2D eigenvalue weighted by Gasteiger charge is -1.95. The number of hydrogen-bond donors (Lipinski definition) is 2. The van der Waals surface area contributed by atoms with Gasteiger partial charge in [0.2, 0.25) is 0 Å². The molecule has 1 rings (SSSR count). The topological polar surface area (TPSA) is 58.8 Å². The fourth-order valence-corrected chi connectivity index (χ4v) is 0.514. The average Bonchev–Trinajstić information content (AvgIpc) is 2.77. The van der Waals surface area contributed by atoms with Gasteiger partial charge in [0.15, 0.2) is 0 Å².